The molecule has 0 saturated carbocycles. The predicted octanol–water partition coefficient (Wildman–Crippen LogP) is 2.01. The van der Waals surface area contributed by atoms with E-state index < -0.39 is 10.0 Å². The van der Waals surface area contributed by atoms with Crippen LogP contribution in [0.5, 0.6) is 0 Å². The van der Waals surface area contributed by atoms with Gasteiger partial charge in [-0.1, -0.05) is 50.2 Å². The predicted molar refractivity (Wildman–Crippen MR) is 120 cm³/mol. The molecule has 1 aliphatic rings. The topological polar surface area (TPSA) is 53.9 Å². The maximum absolute atomic E-state index is 12.5. The quantitative estimate of drug-likeness (QED) is 0.692. The average Bonchev–Trinajstić information content (AvgIpc) is 2.67. The molecule has 29 heavy (non-hydrogen) atoms. The molecule has 2 aromatic rings. The zero-order valence-electron chi connectivity index (χ0n) is 18.0. The first-order valence-electron chi connectivity index (χ1n) is 10.4. The first-order chi connectivity index (χ1) is 13.7. The summed E-state index contributed by atoms with van der Waals surface area (Å²) in [6.07, 6.45) is 1.02. The molecule has 2 aromatic carbocycles. The van der Waals surface area contributed by atoms with Crippen molar-refractivity contribution in [2.75, 3.05) is 37.8 Å². The Kier molecular flexibility index (Phi) is 6.98. The number of benzene rings is 2. The van der Waals surface area contributed by atoms with E-state index in [4.69, 9.17) is 0 Å². The van der Waals surface area contributed by atoms with E-state index in [2.05, 4.69) is 58.2 Å². The van der Waals surface area contributed by atoms with Crippen LogP contribution >= 0.6 is 0 Å². The fourth-order valence-corrected chi connectivity index (χ4v) is 5.53. The van der Waals surface area contributed by atoms with Gasteiger partial charge in [-0.05, 0) is 23.6 Å². The van der Waals surface area contributed by atoms with Crippen LogP contribution in [-0.2, 0) is 23.0 Å². The van der Waals surface area contributed by atoms with Crippen LogP contribution in [-0.4, -0.2) is 41.4 Å². The number of rotatable bonds is 8. The zero-order valence-corrected chi connectivity index (χ0v) is 18.8. The molecule has 0 radical (unpaired) electrons. The van der Waals surface area contributed by atoms with Crippen molar-refractivity contribution in [3.05, 3.63) is 65.2 Å². The molecule has 158 valence electrons. The monoisotopic (exact) mass is 416 g/mol. The molecule has 2 N–H and O–H groups in total. The molecule has 6 heteroatoms. The second kappa shape index (κ2) is 9.28. The molecule has 3 rings (SSSR count). The molecular formula is C23H34N3O2S+. The zero-order chi connectivity index (χ0) is 21.0. The van der Waals surface area contributed by atoms with E-state index in [0.717, 1.165) is 25.2 Å². The van der Waals surface area contributed by atoms with Crippen LogP contribution in [0.1, 0.15) is 36.6 Å². The summed E-state index contributed by atoms with van der Waals surface area (Å²) >= 11 is 0. The summed E-state index contributed by atoms with van der Waals surface area (Å²) in [6.45, 7) is 6.21. The lowest BCUT2D eigenvalue weighted by Gasteiger charge is -2.33. The van der Waals surface area contributed by atoms with E-state index in [-0.39, 0.29) is 17.7 Å². The molecule has 0 amide bonds. The summed E-state index contributed by atoms with van der Waals surface area (Å²) in [5, 5.41) is 0. The molecule has 2 atom stereocenters. The summed E-state index contributed by atoms with van der Waals surface area (Å²) in [7, 11) is 0.778. The number of fused-ring (bicyclic) bond motifs is 1. The Morgan fingerprint density at radius 3 is 2.31 bits per heavy atom. The van der Waals surface area contributed by atoms with Crippen molar-refractivity contribution in [1.82, 2.24) is 4.72 Å². The second-order valence-electron chi connectivity index (χ2n) is 8.67. The maximum Gasteiger partial charge on any atom is 0.212 e. The van der Waals surface area contributed by atoms with E-state index in [0.29, 0.717) is 6.54 Å². The van der Waals surface area contributed by atoms with E-state index >= 15 is 0 Å². The number of hydrogen-bond acceptors (Lipinski definition) is 3. The highest BCUT2D eigenvalue weighted by molar-refractivity contribution is 7.89. The molecular weight excluding hydrogens is 382 g/mol. The van der Waals surface area contributed by atoms with Gasteiger partial charge in [0.2, 0.25) is 10.0 Å². The number of hydrogen-bond donors (Lipinski definition) is 2. The Morgan fingerprint density at radius 1 is 1.03 bits per heavy atom. The van der Waals surface area contributed by atoms with Crippen molar-refractivity contribution in [3.63, 3.8) is 0 Å². The van der Waals surface area contributed by atoms with Crippen molar-refractivity contribution in [2.45, 2.75) is 32.9 Å². The van der Waals surface area contributed by atoms with Gasteiger partial charge in [-0.25, -0.2) is 13.1 Å². The van der Waals surface area contributed by atoms with Gasteiger partial charge in [-0.3, -0.25) is 0 Å². The molecule has 0 fully saturated rings. The van der Waals surface area contributed by atoms with Crippen molar-refractivity contribution >= 4 is 15.7 Å². The molecule has 0 bridgehead atoms. The highest BCUT2D eigenvalue weighted by Gasteiger charge is 2.29. The van der Waals surface area contributed by atoms with Crippen LogP contribution in [0.25, 0.3) is 0 Å². The lowest BCUT2D eigenvalue weighted by molar-refractivity contribution is -0.945. The Bertz CT molecular complexity index is 908. The van der Waals surface area contributed by atoms with E-state index in [1.54, 1.807) is 0 Å². The Hall–Kier alpha value is -1.89. The average molecular weight is 417 g/mol. The van der Waals surface area contributed by atoms with Crippen LogP contribution in [0.2, 0.25) is 0 Å². The van der Waals surface area contributed by atoms with Crippen molar-refractivity contribution in [2.24, 2.45) is 5.92 Å². The Balaban J connectivity index is 1.83. The minimum absolute atomic E-state index is 0.0847. The molecule has 1 unspecified atom stereocenters. The van der Waals surface area contributed by atoms with Gasteiger partial charge in [-0.15, -0.1) is 0 Å². The van der Waals surface area contributed by atoms with Gasteiger partial charge in [0.1, 0.15) is 12.6 Å². The fourth-order valence-electron chi connectivity index (χ4n) is 4.11. The van der Waals surface area contributed by atoms with Crippen LogP contribution in [0.4, 0.5) is 5.69 Å². The lowest BCUT2D eigenvalue weighted by Crippen LogP contribution is -3.12. The molecule has 0 saturated heterocycles. The van der Waals surface area contributed by atoms with Gasteiger partial charge in [0, 0.05) is 37.3 Å². The second-order valence-corrected chi connectivity index (χ2v) is 10.5. The third kappa shape index (κ3) is 5.81. The van der Waals surface area contributed by atoms with E-state index in [1.807, 2.05) is 27.9 Å². The maximum atomic E-state index is 12.5. The number of quaternary nitrogens is 1. The van der Waals surface area contributed by atoms with Crippen molar-refractivity contribution in [1.29, 1.82) is 0 Å². The number of sulfonamides is 1. The van der Waals surface area contributed by atoms with Gasteiger partial charge in [0.25, 0.3) is 0 Å². The van der Waals surface area contributed by atoms with Gasteiger partial charge in [0.05, 0.1) is 18.8 Å². The largest absolute Gasteiger partial charge is 0.378 e. The highest BCUT2D eigenvalue weighted by atomic mass is 32.2. The third-order valence-corrected chi connectivity index (χ3v) is 7.33. The Labute approximate surface area is 175 Å². The fraction of sp³-hybridized carbons (Fsp3) is 0.478. The van der Waals surface area contributed by atoms with Crippen molar-refractivity contribution in [3.8, 4) is 0 Å². The van der Waals surface area contributed by atoms with E-state index in [1.165, 1.54) is 21.6 Å². The van der Waals surface area contributed by atoms with E-state index in [9.17, 15) is 8.42 Å². The lowest BCUT2D eigenvalue weighted by atomic mass is 9.96. The number of nitrogens with one attached hydrogen (secondary N) is 2. The van der Waals surface area contributed by atoms with Gasteiger partial charge in [-0.2, -0.15) is 0 Å². The standard InChI is InChI=1S/C23H33N3O2S/c1-18(2)17-29(27,28)24-15-23(20-9-11-22(12-10-20)25(3)4)26-14-13-19-7-5-6-8-21(19)16-26/h5-12,18,23-24H,13-17H2,1-4H3/p+1/t23-/m0/s1. The summed E-state index contributed by atoms with van der Waals surface area (Å²) in [6, 6.07) is 17.2. The van der Waals surface area contributed by atoms with Gasteiger partial charge < -0.3 is 9.80 Å². The third-order valence-electron chi connectivity index (χ3n) is 5.62. The van der Waals surface area contributed by atoms with Crippen molar-refractivity contribution < 1.29 is 13.3 Å². The summed E-state index contributed by atoms with van der Waals surface area (Å²) in [5.74, 6) is 0.275. The summed E-state index contributed by atoms with van der Waals surface area (Å²) < 4.78 is 27.8. The highest BCUT2D eigenvalue weighted by Crippen LogP contribution is 2.19. The number of nitrogens with zero attached hydrogens (tertiary/aromatic N) is 1. The first-order valence-corrected chi connectivity index (χ1v) is 12.1. The number of anilines is 1. The molecule has 5 nitrogen and oxygen atoms in total. The Morgan fingerprint density at radius 2 is 1.69 bits per heavy atom. The van der Waals surface area contributed by atoms with Crippen LogP contribution in [0.15, 0.2) is 48.5 Å². The SMILES string of the molecule is CC(C)CS(=O)(=O)NC[C@@H](c1ccc(N(C)C)cc1)[NH+]1CCc2ccccc2C1. The normalized spacial score (nSPS) is 17.8. The summed E-state index contributed by atoms with van der Waals surface area (Å²) in [5.41, 5.74) is 5.11. The smallest absolute Gasteiger partial charge is 0.212 e. The van der Waals surface area contributed by atoms with Crippen LogP contribution in [0.3, 0.4) is 0 Å². The first kappa shape index (κ1) is 21.8. The molecule has 0 aromatic heterocycles. The minimum Gasteiger partial charge on any atom is -0.378 e. The van der Waals surface area contributed by atoms with Crippen LogP contribution < -0.4 is 14.5 Å². The van der Waals surface area contributed by atoms with Gasteiger partial charge in [0.15, 0.2) is 0 Å². The minimum atomic E-state index is -3.28. The molecule has 1 heterocycles. The van der Waals surface area contributed by atoms with Crippen LogP contribution in [0, 0.1) is 5.92 Å². The van der Waals surface area contributed by atoms with Gasteiger partial charge >= 0.3 is 0 Å². The summed E-state index contributed by atoms with van der Waals surface area (Å²) in [4.78, 5) is 3.49. The molecule has 0 spiro atoms. The molecule has 0 aliphatic carbocycles. The molecule has 1 aliphatic heterocycles.